The maximum atomic E-state index is 11.7. The van der Waals surface area contributed by atoms with Crippen LogP contribution in [0.3, 0.4) is 0 Å². The Bertz CT molecular complexity index is 614. The lowest BCUT2D eigenvalue weighted by molar-refractivity contribution is 0.224. The van der Waals surface area contributed by atoms with Gasteiger partial charge in [-0.1, -0.05) is 0 Å². The van der Waals surface area contributed by atoms with Gasteiger partial charge in [0.1, 0.15) is 18.4 Å². The molecule has 0 unspecified atom stereocenters. The smallest absolute Gasteiger partial charge is 0.208 e. The third-order valence-corrected chi connectivity index (χ3v) is 2.42. The summed E-state index contributed by atoms with van der Waals surface area (Å²) in [6.45, 7) is 0.427. The zero-order chi connectivity index (χ0) is 10.3. The van der Waals surface area contributed by atoms with Crippen molar-refractivity contribution in [1.29, 1.82) is 0 Å². The number of hydrogen-bond acceptors (Lipinski definition) is 3. The van der Waals surface area contributed by atoms with E-state index in [1.807, 2.05) is 16.7 Å². The fourth-order valence-electron chi connectivity index (χ4n) is 1.75. The monoisotopic (exact) mass is 200 g/mol. The van der Waals surface area contributed by atoms with E-state index in [0.717, 1.165) is 11.2 Å². The van der Waals surface area contributed by atoms with E-state index >= 15 is 0 Å². The highest BCUT2D eigenvalue weighted by atomic mass is 16.5. The second-order valence-electron chi connectivity index (χ2n) is 3.34. The molecule has 0 N–H and O–H groups in total. The molecule has 0 aromatic carbocycles. The summed E-state index contributed by atoms with van der Waals surface area (Å²) < 4.78 is 7.06. The van der Waals surface area contributed by atoms with Gasteiger partial charge in [0.05, 0.1) is 11.2 Å². The van der Waals surface area contributed by atoms with Crippen LogP contribution >= 0.6 is 0 Å². The van der Waals surface area contributed by atoms with Crippen molar-refractivity contribution >= 4 is 17.2 Å². The van der Waals surface area contributed by atoms with Gasteiger partial charge in [0.2, 0.25) is 5.43 Å². The summed E-state index contributed by atoms with van der Waals surface area (Å²) in [6, 6.07) is 5.26. The van der Waals surface area contributed by atoms with Crippen molar-refractivity contribution in [2.24, 2.45) is 0 Å². The standard InChI is InChI=1S/C11H8N2O2/c14-10-6-8-7-15-5-4-13(8)9-2-1-3-12-11(9)10/h1-6H,7H2. The quantitative estimate of drug-likeness (QED) is 0.644. The molecule has 0 fully saturated rings. The van der Waals surface area contributed by atoms with Gasteiger partial charge in [-0.15, -0.1) is 0 Å². The maximum Gasteiger partial charge on any atom is 0.208 e. The van der Waals surface area contributed by atoms with Crippen LogP contribution in [0.15, 0.2) is 35.5 Å². The molecule has 1 aliphatic heterocycles. The molecule has 0 atom stereocenters. The first kappa shape index (κ1) is 8.23. The second kappa shape index (κ2) is 2.95. The van der Waals surface area contributed by atoms with Gasteiger partial charge in [-0.3, -0.25) is 9.78 Å². The van der Waals surface area contributed by atoms with E-state index in [4.69, 9.17) is 4.74 Å². The molecular weight excluding hydrogens is 192 g/mol. The van der Waals surface area contributed by atoms with Gasteiger partial charge in [0.25, 0.3) is 0 Å². The van der Waals surface area contributed by atoms with Crippen molar-refractivity contribution in [3.05, 3.63) is 46.6 Å². The molecule has 0 saturated carbocycles. The molecular formula is C11H8N2O2. The van der Waals surface area contributed by atoms with Crippen molar-refractivity contribution in [1.82, 2.24) is 9.55 Å². The zero-order valence-electron chi connectivity index (χ0n) is 7.88. The normalized spacial score (nSPS) is 13.6. The second-order valence-corrected chi connectivity index (χ2v) is 3.34. The highest BCUT2D eigenvalue weighted by molar-refractivity contribution is 5.77. The van der Waals surface area contributed by atoms with Crippen molar-refractivity contribution in [3.8, 4) is 0 Å². The van der Waals surface area contributed by atoms with Crippen LogP contribution in [-0.2, 0) is 11.3 Å². The van der Waals surface area contributed by atoms with Crippen molar-refractivity contribution in [2.75, 3.05) is 0 Å². The lowest BCUT2D eigenvalue weighted by atomic mass is 10.2. The zero-order valence-corrected chi connectivity index (χ0v) is 7.88. The molecule has 74 valence electrons. The third-order valence-electron chi connectivity index (χ3n) is 2.42. The van der Waals surface area contributed by atoms with Crippen LogP contribution in [-0.4, -0.2) is 9.55 Å². The summed E-state index contributed by atoms with van der Waals surface area (Å²) in [6.07, 6.45) is 5.03. The lowest BCUT2D eigenvalue weighted by Gasteiger charge is -2.15. The molecule has 2 aromatic heterocycles. The molecule has 3 rings (SSSR count). The minimum atomic E-state index is -0.0595. The highest BCUT2D eigenvalue weighted by Gasteiger charge is 2.10. The van der Waals surface area contributed by atoms with E-state index in [1.165, 1.54) is 0 Å². The van der Waals surface area contributed by atoms with Gasteiger partial charge in [0.15, 0.2) is 0 Å². The summed E-state index contributed by atoms with van der Waals surface area (Å²) in [7, 11) is 0. The molecule has 15 heavy (non-hydrogen) atoms. The molecule has 0 bridgehead atoms. The number of pyridine rings is 2. The first-order valence-electron chi connectivity index (χ1n) is 4.64. The van der Waals surface area contributed by atoms with E-state index in [2.05, 4.69) is 4.98 Å². The van der Waals surface area contributed by atoms with E-state index < -0.39 is 0 Å². The first-order valence-corrected chi connectivity index (χ1v) is 4.64. The Morgan fingerprint density at radius 1 is 1.47 bits per heavy atom. The van der Waals surface area contributed by atoms with Crippen molar-refractivity contribution < 1.29 is 4.74 Å². The molecule has 0 aliphatic carbocycles. The van der Waals surface area contributed by atoms with Gasteiger partial charge < -0.3 is 9.30 Å². The number of nitrogens with zero attached hydrogens (tertiary/aromatic N) is 2. The number of rotatable bonds is 0. The van der Waals surface area contributed by atoms with Gasteiger partial charge in [-0.2, -0.15) is 0 Å². The largest absolute Gasteiger partial charge is 0.493 e. The predicted molar refractivity (Wildman–Crippen MR) is 56.1 cm³/mol. The summed E-state index contributed by atoms with van der Waals surface area (Å²) in [5, 5.41) is 0. The van der Waals surface area contributed by atoms with Crippen LogP contribution in [0.2, 0.25) is 0 Å². The molecule has 4 nitrogen and oxygen atoms in total. The Hall–Kier alpha value is -2.10. The SMILES string of the molecule is O=c1cc2n(c3cccnc13)C=COC2. The summed E-state index contributed by atoms with van der Waals surface area (Å²) in [5.41, 5.74) is 2.10. The van der Waals surface area contributed by atoms with Gasteiger partial charge >= 0.3 is 0 Å². The summed E-state index contributed by atoms with van der Waals surface area (Å²) in [5.74, 6) is 0. The number of ether oxygens (including phenoxy) is 1. The van der Waals surface area contributed by atoms with Gasteiger partial charge in [0, 0.05) is 18.5 Å². The topological polar surface area (TPSA) is 44.1 Å². The summed E-state index contributed by atoms with van der Waals surface area (Å²) >= 11 is 0. The van der Waals surface area contributed by atoms with Crippen LogP contribution in [0.5, 0.6) is 0 Å². The summed E-state index contributed by atoms with van der Waals surface area (Å²) in [4.78, 5) is 15.8. The fraction of sp³-hybridized carbons (Fsp3) is 0.0909. The lowest BCUT2D eigenvalue weighted by Crippen LogP contribution is -2.14. The van der Waals surface area contributed by atoms with Crippen LogP contribution in [0.25, 0.3) is 17.2 Å². The highest BCUT2D eigenvalue weighted by Crippen LogP contribution is 2.15. The van der Waals surface area contributed by atoms with E-state index in [0.29, 0.717) is 12.1 Å². The molecule has 2 aromatic rings. The Morgan fingerprint density at radius 3 is 3.33 bits per heavy atom. The number of aromatic nitrogens is 2. The van der Waals surface area contributed by atoms with Gasteiger partial charge in [-0.05, 0) is 12.1 Å². The molecule has 1 aliphatic rings. The van der Waals surface area contributed by atoms with Crippen LogP contribution < -0.4 is 5.43 Å². The Morgan fingerprint density at radius 2 is 2.40 bits per heavy atom. The Labute approximate surface area is 85.4 Å². The molecule has 0 radical (unpaired) electrons. The predicted octanol–water partition coefficient (Wildman–Crippen LogP) is 1.35. The molecule has 0 spiro atoms. The molecule has 0 amide bonds. The average molecular weight is 200 g/mol. The third kappa shape index (κ3) is 1.15. The fourth-order valence-corrected chi connectivity index (χ4v) is 1.75. The van der Waals surface area contributed by atoms with Crippen molar-refractivity contribution in [2.45, 2.75) is 6.61 Å². The van der Waals surface area contributed by atoms with Gasteiger partial charge in [-0.25, -0.2) is 0 Å². The average Bonchev–Trinajstić information content (AvgIpc) is 2.30. The minimum absolute atomic E-state index is 0.0595. The molecule has 3 heterocycles. The van der Waals surface area contributed by atoms with E-state index in [1.54, 1.807) is 24.7 Å². The Kier molecular flexibility index (Phi) is 1.62. The minimum Gasteiger partial charge on any atom is -0.493 e. The molecule has 0 saturated heterocycles. The maximum absolute atomic E-state index is 11.7. The van der Waals surface area contributed by atoms with Crippen LogP contribution in [0.4, 0.5) is 0 Å². The Balaban J connectivity index is 2.52. The van der Waals surface area contributed by atoms with Crippen molar-refractivity contribution in [3.63, 3.8) is 0 Å². The molecule has 4 heteroatoms. The van der Waals surface area contributed by atoms with Crippen LogP contribution in [0.1, 0.15) is 5.69 Å². The van der Waals surface area contributed by atoms with E-state index in [9.17, 15) is 4.79 Å². The number of fused-ring (bicyclic) bond motifs is 3. The van der Waals surface area contributed by atoms with Crippen LogP contribution in [0, 0.1) is 0 Å². The number of hydrogen-bond donors (Lipinski definition) is 0. The van der Waals surface area contributed by atoms with E-state index in [-0.39, 0.29) is 5.43 Å². The first-order chi connectivity index (χ1) is 7.36.